The molecule has 0 aromatic rings. The molecule has 1 aliphatic carbocycles. The molecule has 0 aromatic heterocycles. The number of carbonyl (C=O) groups is 3. The Labute approximate surface area is 99.8 Å². The zero-order valence-electron chi connectivity index (χ0n) is 9.81. The summed E-state index contributed by atoms with van der Waals surface area (Å²) in [5, 5.41) is 2.88. The lowest BCUT2D eigenvalue weighted by molar-refractivity contribution is -0.140. The SMILES string of the molecule is CCC(=O)N[C@H]1CCC[C@@H]1N1C(=O)C=CC1=O. The van der Waals surface area contributed by atoms with Gasteiger partial charge in [-0.3, -0.25) is 19.3 Å². The number of hydrogen-bond donors (Lipinski definition) is 1. The van der Waals surface area contributed by atoms with Crippen molar-refractivity contribution in [3.05, 3.63) is 12.2 Å². The van der Waals surface area contributed by atoms with Crippen LogP contribution >= 0.6 is 0 Å². The first-order valence-corrected chi connectivity index (χ1v) is 5.98. The van der Waals surface area contributed by atoms with E-state index in [9.17, 15) is 14.4 Å². The van der Waals surface area contributed by atoms with Crippen LogP contribution in [0.5, 0.6) is 0 Å². The molecule has 0 aromatic carbocycles. The van der Waals surface area contributed by atoms with Gasteiger partial charge in [0.05, 0.1) is 6.04 Å². The molecule has 0 unspecified atom stereocenters. The van der Waals surface area contributed by atoms with Crippen LogP contribution in [0.25, 0.3) is 0 Å². The van der Waals surface area contributed by atoms with Crippen LogP contribution in [0.2, 0.25) is 0 Å². The van der Waals surface area contributed by atoms with E-state index in [4.69, 9.17) is 0 Å². The third kappa shape index (κ3) is 2.23. The molecular weight excluding hydrogens is 220 g/mol. The Morgan fingerprint density at radius 1 is 1.35 bits per heavy atom. The molecule has 17 heavy (non-hydrogen) atoms. The minimum atomic E-state index is -0.266. The molecule has 1 saturated carbocycles. The standard InChI is InChI=1S/C12H16N2O3/c1-2-10(15)13-8-4-3-5-9(8)14-11(16)6-7-12(14)17/h6-9H,2-5H2,1H3,(H,13,15)/t8-,9-/m0/s1. The van der Waals surface area contributed by atoms with Crippen LogP contribution in [-0.2, 0) is 14.4 Å². The Kier molecular flexibility index (Phi) is 3.26. The Morgan fingerprint density at radius 3 is 2.59 bits per heavy atom. The molecule has 5 heteroatoms. The number of nitrogens with one attached hydrogen (secondary N) is 1. The number of nitrogens with zero attached hydrogens (tertiary/aromatic N) is 1. The number of rotatable bonds is 3. The molecule has 92 valence electrons. The van der Waals surface area contributed by atoms with E-state index in [1.807, 2.05) is 0 Å². The van der Waals surface area contributed by atoms with Crippen molar-refractivity contribution < 1.29 is 14.4 Å². The van der Waals surface area contributed by atoms with Gasteiger partial charge in [0.15, 0.2) is 0 Å². The highest BCUT2D eigenvalue weighted by Gasteiger charge is 2.39. The van der Waals surface area contributed by atoms with Crippen LogP contribution in [-0.4, -0.2) is 34.7 Å². The summed E-state index contributed by atoms with van der Waals surface area (Å²) >= 11 is 0. The van der Waals surface area contributed by atoms with Gasteiger partial charge in [-0.2, -0.15) is 0 Å². The molecule has 1 fully saturated rings. The van der Waals surface area contributed by atoms with Crippen LogP contribution in [0.3, 0.4) is 0 Å². The van der Waals surface area contributed by atoms with Crippen LogP contribution in [0.4, 0.5) is 0 Å². The zero-order valence-corrected chi connectivity index (χ0v) is 9.81. The van der Waals surface area contributed by atoms with Gasteiger partial charge >= 0.3 is 0 Å². The van der Waals surface area contributed by atoms with Gasteiger partial charge in [-0.15, -0.1) is 0 Å². The lowest BCUT2D eigenvalue weighted by atomic mass is 10.1. The molecule has 2 rings (SSSR count). The average molecular weight is 236 g/mol. The summed E-state index contributed by atoms with van der Waals surface area (Å²) in [5.74, 6) is -0.566. The summed E-state index contributed by atoms with van der Waals surface area (Å²) in [5.41, 5.74) is 0. The van der Waals surface area contributed by atoms with Gasteiger partial charge in [0, 0.05) is 24.6 Å². The number of imide groups is 1. The monoisotopic (exact) mass is 236 g/mol. The smallest absolute Gasteiger partial charge is 0.253 e. The maximum atomic E-state index is 11.6. The van der Waals surface area contributed by atoms with E-state index in [0.717, 1.165) is 19.3 Å². The van der Waals surface area contributed by atoms with E-state index in [1.165, 1.54) is 17.1 Å². The van der Waals surface area contributed by atoms with E-state index < -0.39 is 0 Å². The number of carbonyl (C=O) groups excluding carboxylic acids is 3. The lowest BCUT2D eigenvalue weighted by Crippen LogP contribution is -2.50. The first kappa shape index (κ1) is 11.8. The minimum Gasteiger partial charge on any atom is -0.351 e. The van der Waals surface area contributed by atoms with Crippen molar-refractivity contribution in [1.29, 1.82) is 0 Å². The normalized spacial score (nSPS) is 27.9. The van der Waals surface area contributed by atoms with E-state index in [2.05, 4.69) is 5.32 Å². The maximum absolute atomic E-state index is 11.6. The van der Waals surface area contributed by atoms with Crippen LogP contribution in [0, 0.1) is 0 Å². The fraction of sp³-hybridized carbons (Fsp3) is 0.583. The molecule has 0 bridgehead atoms. The lowest BCUT2D eigenvalue weighted by Gasteiger charge is -2.28. The third-order valence-corrected chi connectivity index (χ3v) is 3.32. The summed E-state index contributed by atoms with van der Waals surface area (Å²) in [4.78, 5) is 35.8. The fourth-order valence-corrected chi connectivity index (χ4v) is 2.47. The van der Waals surface area contributed by atoms with E-state index >= 15 is 0 Å². The van der Waals surface area contributed by atoms with Crippen molar-refractivity contribution in [3.8, 4) is 0 Å². The van der Waals surface area contributed by atoms with Crippen LogP contribution in [0.1, 0.15) is 32.6 Å². The molecule has 1 heterocycles. The van der Waals surface area contributed by atoms with Gasteiger partial charge < -0.3 is 5.32 Å². The summed E-state index contributed by atoms with van der Waals surface area (Å²) in [7, 11) is 0. The fourth-order valence-electron chi connectivity index (χ4n) is 2.47. The molecule has 0 spiro atoms. The van der Waals surface area contributed by atoms with Gasteiger partial charge in [-0.05, 0) is 19.3 Å². The number of hydrogen-bond acceptors (Lipinski definition) is 3. The molecule has 0 saturated heterocycles. The molecule has 2 atom stereocenters. The molecule has 3 amide bonds. The largest absolute Gasteiger partial charge is 0.351 e. The minimum absolute atomic E-state index is 0.0334. The Balaban J connectivity index is 2.07. The summed E-state index contributed by atoms with van der Waals surface area (Å²) in [6, 6.07) is -0.268. The highest BCUT2D eigenvalue weighted by Crippen LogP contribution is 2.26. The van der Waals surface area contributed by atoms with E-state index in [-0.39, 0.29) is 29.8 Å². The van der Waals surface area contributed by atoms with Gasteiger partial charge in [0.1, 0.15) is 0 Å². The van der Waals surface area contributed by atoms with Crippen molar-refractivity contribution in [2.75, 3.05) is 0 Å². The predicted molar refractivity (Wildman–Crippen MR) is 60.9 cm³/mol. The molecular formula is C12H16N2O3. The van der Waals surface area contributed by atoms with E-state index in [0.29, 0.717) is 6.42 Å². The first-order chi connectivity index (χ1) is 8.13. The second-order valence-electron chi connectivity index (χ2n) is 4.41. The van der Waals surface area contributed by atoms with Gasteiger partial charge in [-0.25, -0.2) is 0 Å². The van der Waals surface area contributed by atoms with Crippen molar-refractivity contribution in [1.82, 2.24) is 10.2 Å². The quantitative estimate of drug-likeness (QED) is 0.719. The molecule has 0 radical (unpaired) electrons. The number of amides is 3. The van der Waals surface area contributed by atoms with Crippen LogP contribution in [0.15, 0.2) is 12.2 Å². The van der Waals surface area contributed by atoms with Gasteiger partial charge in [0.25, 0.3) is 11.8 Å². The molecule has 2 aliphatic rings. The Morgan fingerprint density at radius 2 is 2.00 bits per heavy atom. The first-order valence-electron chi connectivity index (χ1n) is 5.98. The predicted octanol–water partition coefficient (Wildman–Crippen LogP) is 0.359. The highest BCUT2D eigenvalue weighted by atomic mass is 16.2. The second-order valence-corrected chi connectivity index (χ2v) is 4.41. The maximum Gasteiger partial charge on any atom is 0.253 e. The average Bonchev–Trinajstić information content (AvgIpc) is 2.86. The van der Waals surface area contributed by atoms with Crippen molar-refractivity contribution in [2.45, 2.75) is 44.7 Å². The van der Waals surface area contributed by atoms with Gasteiger partial charge in [0.2, 0.25) is 5.91 Å². The Bertz CT molecular complexity index is 371. The van der Waals surface area contributed by atoms with E-state index in [1.54, 1.807) is 6.92 Å². The molecule has 1 N–H and O–H groups in total. The second kappa shape index (κ2) is 4.69. The third-order valence-electron chi connectivity index (χ3n) is 3.32. The van der Waals surface area contributed by atoms with Crippen molar-refractivity contribution in [2.24, 2.45) is 0 Å². The van der Waals surface area contributed by atoms with Crippen molar-refractivity contribution in [3.63, 3.8) is 0 Å². The summed E-state index contributed by atoms with van der Waals surface area (Å²) in [6.45, 7) is 1.78. The van der Waals surface area contributed by atoms with Crippen molar-refractivity contribution >= 4 is 17.7 Å². The highest BCUT2D eigenvalue weighted by molar-refractivity contribution is 6.13. The summed E-state index contributed by atoms with van der Waals surface area (Å²) < 4.78 is 0. The zero-order chi connectivity index (χ0) is 12.4. The summed E-state index contributed by atoms with van der Waals surface area (Å²) in [6.07, 6.45) is 5.53. The van der Waals surface area contributed by atoms with Gasteiger partial charge in [-0.1, -0.05) is 6.92 Å². The molecule has 5 nitrogen and oxygen atoms in total. The van der Waals surface area contributed by atoms with Crippen LogP contribution < -0.4 is 5.32 Å². The Hall–Kier alpha value is -1.65. The topological polar surface area (TPSA) is 66.5 Å². The molecule has 1 aliphatic heterocycles.